The lowest BCUT2D eigenvalue weighted by Gasteiger charge is -2.30. The van der Waals surface area contributed by atoms with E-state index in [1.54, 1.807) is 0 Å². The Labute approximate surface area is 119 Å². The molecule has 2 fully saturated rings. The minimum atomic E-state index is -0.864. The number of hydrogen-bond donors (Lipinski definition) is 1. The van der Waals surface area contributed by atoms with Crippen molar-refractivity contribution in [2.24, 2.45) is 5.41 Å². The second kappa shape index (κ2) is 5.02. The zero-order chi connectivity index (χ0) is 15.0. The lowest BCUT2D eigenvalue weighted by atomic mass is 9.73. The number of carboxylic acids is 1. The highest BCUT2D eigenvalue weighted by Gasteiger charge is 2.83. The molecule has 5 heteroatoms. The van der Waals surface area contributed by atoms with Crippen LogP contribution in [0.5, 0.6) is 0 Å². The summed E-state index contributed by atoms with van der Waals surface area (Å²) in [5.74, 6) is -2.05. The van der Waals surface area contributed by atoms with E-state index in [1.807, 2.05) is 6.92 Å². The highest BCUT2D eigenvalue weighted by molar-refractivity contribution is 5.69. The molecule has 1 N–H and O–H groups in total. The SMILES string of the molecule is CCCCCC12OC1(OC(C)=O)CCC2(C)CC(=O)O. The second-order valence-electron chi connectivity index (χ2n) is 6.36. The van der Waals surface area contributed by atoms with Crippen molar-refractivity contribution >= 4 is 11.9 Å². The summed E-state index contributed by atoms with van der Waals surface area (Å²) in [6.07, 6.45) is 5.27. The largest absolute Gasteiger partial charge is 0.481 e. The number of unbranched alkanes of at least 4 members (excludes halogenated alkanes) is 2. The standard InChI is InChI=1S/C15H24O5/c1-4-5-6-7-14-13(3,10-12(17)18)8-9-15(14,20-14)19-11(2)16/h4-10H2,1-3H3,(H,17,18). The van der Waals surface area contributed by atoms with E-state index in [9.17, 15) is 9.59 Å². The fraction of sp³-hybridized carbons (Fsp3) is 0.867. The topological polar surface area (TPSA) is 76.1 Å². The van der Waals surface area contributed by atoms with E-state index in [4.69, 9.17) is 14.6 Å². The average Bonchev–Trinajstić information content (AvgIpc) is 2.89. The van der Waals surface area contributed by atoms with Crippen LogP contribution in [0.2, 0.25) is 0 Å². The van der Waals surface area contributed by atoms with Gasteiger partial charge in [-0.1, -0.05) is 33.1 Å². The van der Waals surface area contributed by atoms with Crippen molar-refractivity contribution in [1.82, 2.24) is 0 Å². The Morgan fingerprint density at radius 3 is 2.55 bits per heavy atom. The van der Waals surface area contributed by atoms with Crippen molar-refractivity contribution in [3.63, 3.8) is 0 Å². The normalized spacial score (nSPS) is 38.4. The molecule has 0 aromatic heterocycles. The molecule has 3 unspecified atom stereocenters. The molecule has 1 saturated heterocycles. The maximum absolute atomic E-state index is 11.3. The van der Waals surface area contributed by atoms with Crippen LogP contribution in [0.4, 0.5) is 0 Å². The Kier molecular flexibility index (Phi) is 3.84. The number of epoxide rings is 1. The summed E-state index contributed by atoms with van der Waals surface area (Å²) in [5.41, 5.74) is -1.05. The molecule has 0 bridgehead atoms. The van der Waals surface area contributed by atoms with Crippen LogP contribution in [0.15, 0.2) is 0 Å². The molecule has 1 aliphatic carbocycles. The van der Waals surface area contributed by atoms with Gasteiger partial charge in [0.25, 0.3) is 0 Å². The number of carboxylic acid groups (broad SMARTS) is 1. The molecule has 0 spiro atoms. The first-order valence-electron chi connectivity index (χ1n) is 7.42. The van der Waals surface area contributed by atoms with Gasteiger partial charge in [-0.2, -0.15) is 0 Å². The molecule has 114 valence electrons. The molecule has 3 atom stereocenters. The van der Waals surface area contributed by atoms with E-state index in [2.05, 4.69) is 6.92 Å². The molecule has 1 aliphatic heterocycles. The van der Waals surface area contributed by atoms with Crippen molar-refractivity contribution in [3.05, 3.63) is 0 Å². The first-order chi connectivity index (χ1) is 9.31. The first-order valence-corrected chi connectivity index (χ1v) is 7.42. The molecular formula is C15H24O5. The smallest absolute Gasteiger partial charge is 0.305 e. The second-order valence-corrected chi connectivity index (χ2v) is 6.36. The van der Waals surface area contributed by atoms with E-state index in [-0.39, 0.29) is 12.4 Å². The highest BCUT2D eigenvalue weighted by atomic mass is 16.8. The number of rotatable bonds is 7. The molecule has 5 nitrogen and oxygen atoms in total. The van der Waals surface area contributed by atoms with Crippen molar-refractivity contribution in [1.29, 1.82) is 0 Å². The average molecular weight is 284 g/mol. The lowest BCUT2D eigenvalue weighted by molar-refractivity contribution is -0.156. The Morgan fingerprint density at radius 2 is 2.00 bits per heavy atom. The highest BCUT2D eigenvalue weighted by Crippen LogP contribution is 2.71. The third-order valence-corrected chi connectivity index (χ3v) is 4.88. The fourth-order valence-corrected chi connectivity index (χ4v) is 3.85. The van der Waals surface area contributed by atoms with Crippen molar-refractivity contribution < 1.29 is 24.2 Å². The van der Waals surface area contributed by atoms with E-state index in [1.165, 1.54) is 6.92 Å². The van der Waals surface area contributed by atoms with Crippen LogP contribution >= 0.6 is 0 Å². The predicted octanol–water partition coefficient (Wildman–Crippen LogP) is 2.87. The molecule has 2 rings (SSSR count). The Bertz CT molecular complexity index is 420. The van der Waals surface area contributed by atoms with Gasteiger partial charge >= 0.3 is 11.9 Å². The molecule has 20 heavy (non-hydrogen) atoms. The lowest BCUT2D eigenvalue weighted by Crippen LogP contribution is -2.38. The molecular weight excluding hydrogens is 260 g/mol. The number of esters is 1. The van der Waals surface area contributed by atoms with Crippen LogP contribution in [0.3, 0.4) is 0 Å². The summed E-state index contributed by atoms with van der Waals surface area (Å²) < 4.78 is 11.3. The zero-order valence-corrected chi connectivity index (χ0v) is 12.5. The van der Waals surface area contributed by atoms with Gasteiger partial charge in [-0.15, -0.1) is 0 Å². The Balaban J connectivity index is 2.19. The maximum atomic E-state index is 11.3. The molecule has 0 aromatic rings. The van der Waals surface area contributed by atoms with Crippen LogP contribution in [-0.4, -0.2) is 28.4 Å². The summed E-state index contributed by atoms with van der Waals surface area (Å²) in [6.45, 7) is 5.45. The summed E-state index contributed by atoms with van der Waals surface area (Å²) in [4.78, 5) is 22.5. The quantitative estimate of drug-likeness (QED) is 0.442. The molecule has 0 amide bonds. The fourth-order valence-electron chi connectivity index (χ4n) is 3.85. The van der Waals surface area contributed by atoms with Gasteiger partial charge in [0.2, 0.25) is 5.79 Å². The minimum Gasteiger partial charge on any atom is -0.481 e. The number of aliphatic carboxylic acids is 1. The predicted molar refractivity (Wildman–Crippen MR) is 72.0 cm³/mol. The summed E-state index contributed by atoms with van der Waals surface area (Å²) >= 11 is 0. The van der Waals surface area contributed by atoms with Gasteiger partial charge in [-0.25, -0.2) is 0 Å². The van der Waals surface area contributed by atoms with Crippen LogP contribution in [0.25, 0.3) is 0 Å². The van der Waals surface area contributed by atoms with Crippen LogP contribution in [0.1, 0.15) is 65.7 Å². The van der Waals surface area contributed by atoms with Gasteiger partial charge in [0.15, 0.2) is 0 Å². The van der Waals surface area contributed by atoms with Gasteiger partial charge < -0.3 is 14.6 Å². The van der Waals surface area contributed by atoms with E-state index >= 15 is 0 Å². The van der Waals surface area contributed by atoms with E-state index < -0.39 is 22.8 Å². The first kappa shape index (κ1) is 15.3. The van der Waals surface area contributed by atoms with Gasteiger partial charge in [0.1, 0.15) is 5.60 Å². The van der Waals surface area contributed by atoms with E-state index in [0.717, 1.165) is 32.1 Å². The van der Waals surface area contributed by atoms with E-state index in [0.29, 0.717) is 6.42 Å². The van der Waals surface area contributed by atoms with Crippen LogP contribution < -0.4 is 0 Å². The minimum absolute atomic E-state index is 0.0577. The van der Waals surface area contributed by atoms with Crippen molar-refractivity contribution in [2.45, 2.75) is 77.1 Å². The Morgan fingerprint density at radius 1 is 1.30 bits per heavy atom. The third kappa shape index (κ3) is 2.22. The number of carbonyl (C=O) groups excluding carboxylic acids is 1. The molecule has 1 saturated carbocycles. The number of hydrogen-bond acceptors (Lipinski definition) is 4. The number of carbonyl (C=O) groups is 2. The third-order valence-electron chi connectivity index (χ3n) is 4.88. The molecule has 0 radical (unpaired) electrons. The van der Waals surface area contributed by atoms with Crippen LogP contribution in [-0.2, 0) is 19.1 Å². The monoisotopic (exact) mass is 284 g/mol. The Hall–Kier alpha value is -1.10. The van der Waals surface area contributed by atoms with Crippen LogP contribution in [0, 0.1) is 5.41 Å². The summed E-state index contributed by atoms with van der Waals surface area (Å²) in [5, 5.41) is 9.16. The summed E-state index contributed by atoms with van der Waals surface area (Å²) in [6, 6.07) is 0. The zero-order valence-electron chi connectivity index (χ0n) is 12.5. The molecule has 0 aromatic carbocycles. The summed E-state index contributed by atoms with van der Waals surface area (Å²) in [7, 11) is 0. The molecule has 1 heterocycles. The van der Waals surface area contributed by atoms with Gasteiger partial charge in [-0.3, -0.25) is 9.59 Å². The van der Waals surface area contributed by atoms with Crippen molar-refractivity contribution in [2.75, 3.05) is 0 Å². The van der Waals surface area contributed by atoms with Gasteiger partial charge in [0, 0.05) is 18.8 Å². The maximum Gasteiger partial charge on any atom is 0.305 e. The molecule has 2 aliphatic rings. The van der Waals surface area contributed by atoms with Gasteiger partial charge in [-0.05, 0) is 12.8 Å². The number of ether oxygens (including phenoxy) is 2. The van der Waals surface area contributed by atoms with Crippen molar-refractivity contribution in [3.8, 4) is 0 Å². The number of fused-ring (bicyclic) bond motifs is 1. The van der Waals surface area contributed by atoms with Gasteiger partial charge in [0.05, 0.1) is 6.42 Å².